The molecule has 0 heterocycles. The summed E-state index contributed by atoms with van der Waals surface area (Å²) in [5, 5.41) is 8.93. The summed E-state index contributed by atoms with van der Waals surface area (Å²) < 4.78 is 6.75. The molecule has 0 aliphatic rings. The smallest absolute Gasteiger partial charge is 0.259 e. The number of nitrogens with two attached hydrogens (primary N) is 1. The lowest BCUT2D eigenvalue weighted by molar-refractivity contribution is -0.114. The number of benzene rings is 2. The lowest BCUT2D eigenvalue weighted by Crippen LogP contribution is -2.12. The Labute approximate surface area is 136 Å². The summed E-state index contributed by atoms with van der Waals surface area (Å²) in [6, 6.07) is 16.7. The van der Waals surface area contributed by atoms with Gasteiger partial charge in [-0.15, -0.1) is 0 Å². The van der Waals surface area contributed by atoms with Crippen LogP contribution in [-0.4, -0.2) is 5.91 Å². The van der Waals surface area contributed by atoms with E-state index in [1.54, 1.807) is 24.3 Å². The Morgan fingerprint density at radius 3 is 2.59 bits per heavy atom. The summed E-state index contributed by atoms with van der Waals surface area (Å²) in [7, 11) is 0. The Bertz CT molecular complexity index is 763. The van der Waals surface area contributed by atoms with Gasteiger partial charge in [-0.25, -0.2) is 0 Å². The molecule has 0 bridgehead atoms. The molecular formula is C17H13BrN2O2. The van der Waals surface area contributed by atoms with Gasteiger partial charge in [-0.1, -0.05) is 52.3 Å². The van der Waals surface area contributed by atoms with Crippen molar-refractivity contribution in [2.75, 3.05) is 0 Å². The highest BCUT2D eigenvalue weighted by molar-refractivity contribution is 9.10. The van der Waals surface area contributed by atoms with Gasteiger partial charge in [0.2, 0.25) is 0 Å². The third kappa shape index (κ3) is 3.96. The van der Waals surface area contributed by atoms with Crippen molar-refractivity contribution in [3.63, 3.8) is 0 Å². The van der Waals surface area contributed by atoms with Crippen molar-refractivity contribution in [3.05, 3.63) is 69.7 Å². The molecule has 0 saturated heterocycles. The number of carbonyl (C=O) groups is 1. The van der Waals surface area contributed by atoms with Crippen LogP contribution in [0.15, 0.2) is 58.6 Å². The number of carbonyl (C=O) groups excluding carboxylic acids is 1. The van der Waals surface area contributed by atoms with Gasteiger partial charge in [0.1, 0.15) is 24.0 Å². The van der Waals surface area contributed by atoms with Crippen molar-refractivity contribution in [2.45, 2.75) is 6.61 Å². The van der Waals surface area contributed by atoms with Gasteiger partial charge < -0.3 is 10.5 Å². The van der Waals surface area contributed by atoms with Crippen LogP contribution in [-0.2, 0) is 11.4 Å². The lowest BCUT2D eigenvalue weighted by Gasteiger charge is -2.10. The largest absolute Gasteiger partial charge is 0.488 e. The minimum atomic E-state index is -0.761. The SMILES string of the molecule is N#C/C(=C\c1ccccc1OCc1ccccc1Br)C(N)=O. The summed E-state index contributed by atoms with van der Waals surface area (Å²) in [5.41, 5.74) is 6.67. The quantitative estimate of drug-likeness (QED) is 0.658. The monoisotopic (exact) mass is 356 g/mol. The van der Waals surface area contributed by atoms with E-state index in [9.17, 15) is 4.79 Å². The molecule has 0 spiro atoms. The molecule has 2 aromatic rings. The van der Waals surface area contributed by atoms with Gasteiger partial charge >= 0.3 is 0 Å². The van der Waals surface area contributed by atoms with Crippen LogP contribution in [0.4, 0.5) is 0 Å². The maximum atomic E-state index is 11.2. The van der Waals surface area contributed by atoms with E-state index in [1.165, 1.54) is 6.08 Å². The summed E-state index contributed by atoms with van der Waals surface area (Å²) in [5.74, 6) is -0.185. The molecule has 5 heteroatoms. The summed E-state index contributed by atoms with van der Waals surface area (Å²) in [6.45, 7) is 0.366. The average molecular weight is 357 g/mol. The zero-order valence-electron chi connectivity index (χ0n) is 11.6. The maximum Gasteiger partial charge on any atom is 0.259 e. The van der Waals surface area contributed by atoms with Gasteiger partial charge in [-0.2, -0.15) is 5.26 Å². The minimum Gasteiger partial charge on any atom is -0.488 e. The van der Waals surface area contributed by atoms with Gasteiger partial charge in [0.05, 0.1) is 0 Å². The first-order chi connectivity index (χ1) is 10.6. The van der Waals surface area contributed by atoms with Crippen molar-refractivity contribution >= 4 is 27.9 Å². The highest BCUT2D eigenvalue weighted by atomic mass is 79.9. The third-order valence-electron chi connectivity index (χ3n) is 2.95. The number of hydrogen-bond donors (Lipinski definition) is 1. The molecule has 2 aromatic carbocycles. The summed E-state index contributed by atoms with van der Waals surface area (Å²) in [4.78, 5) is 11.2. The van der Waals surface area contributed by atoms with E-state index < -0.39 is 5.91 Å². The first kappa shape index (κ1) is 15.8. The van der Waals surface area contributed by atoms with E-state index in [-0.39, 0.29) is 5.57 Å². The first-order valence-corrected chi connectivity index (χ1v) is 7.28. The van der Waals surface area contributed by atoms with E-state index in [1.807, 2.05) is 30.3 Å². The van der Waals surface area contributed by atoms with Gasteiger partial charge in [-0.05, 0) is 18.2 Å². The number of primary amides is 1. The predicted molar refractivity (Wildman–Crippen MR) is 87.7 cm³/mol. The second kappa shape index (κ2) is 7.43. The fourth-order valence-electron chi connectivity index (χ4n) is 1.82. The van der Waals surface area contributed by atoms with E-state index in [0.29, 0.717) is 17.9 Å². The Hall–Kier alpha value is -2.58. The van der Waals surface area contributed by atoms with Crippen molar-refractivity contribution in [3.8, 4) is 11.8 Å². The van der Waals surface area contributed by atoms with Crippen LogP contribution in [0.25, 0.3) is 6.08 Å². The molecule has 0 fully saturated rings. The molecule has 1 amide bonds. The van der Waals surface area contributed by atoms with E-state index in [4.69, 9.17) is 15.7 Å². The zero-order valence-corrected chi connectivity index (χ0v) is 13.2. The fourth-order valence-corrected chi connectivity index (χ4v) is 2.22. The second-order valence-electron chi connectivity index (χ2n) is 4.45. The maximum absolute atomic E-state index is 11.2. The molecule has 2 N–H and O–H groups in total. The molecule has 0 atom stereocenters. The topological polar surface area (TPSA) is 76.1 Å². The van der Waals surface area contributed by atoms with Gasteiger partial charge in [0, 0.05) is 15.6 Å². The molecule has 0 aliphatic carbocycles. The molecule has 22 heavy (non-hydrogen) atoms. The highest BCUT2D eigenvalue weighted by Gasteiger charge is 2.07. The number of ether oxygens (including phenoxy) is 1. The Balaban J connectivity index is 2.24. The second-order valence-corrected chi connectivity index (χ2v) is 5.31. The van der Waals surface area contributed by atoms with Crippen LogP contribution in [0.5, 0.6) is 5.75 Å². The summed E-state index contributed by atoms with van der Waals surface area (Å²) in [6.07, 6.45) is 1.43. The van der Waals surface area contributed by atoms with Gasteiger partial charge in [0.15, 0.2) is 0 Å². The Morgan fingerprint density at radius 2 is 1.91 bits per heavy atom. The molecule has 4 nitrogen and oxygen atoms in total. The predicted octanol–water partition coefficient (Wildman–Crippen LogP) is 3.42. The summed E-state index contributed by atoms with van der Waals surface area (Å²) >= 11 is 3.46. The van der Waals surface area contributed by atoms with Crippen LogP contribution in [0.1, 0.15) is 11.1 Å². The van der Waals surface area contributed by atoms with Crippen molar-refractivity contribution in [1.82, 2.24) is 0 Å². The lowest BCUT2D eigenvalue weighted by atomic mass is 10.1. The fraction of sp³-hybridized carbons (Fsp3) is 0.0588. The highest BCUT2D eigenvalue weighted by Crippen LogP contribution is 2.24. The minimum absolute atomic E-state index is 0.114. The molecule has 2 rings (SSSR count). The zero-order chi connectivity index (χ0) is 15.9. The standard InChI is InChI=1S/C17H13BrN2O2/c18-15-7-3-1-6-13(15)11-22-16-8-4-2-5-12(16)9-14(10-19)17(20)21/h1-9H,11H2,(H2,20,21)/b14-9+. The van der Waals surface area contributed by atoms with Crippen LogP contribution >= 0.6 is 15.9 Å². The van der Waals surface area contributed by atoms with Gasteiger partial charge in [-0.3, -0.25) is 4.79 Å². The molecule has 0 aliphatic heterocycles. The van der Waals surface area contributed by atoms with E-state index in [0.717, 1.165) is 10.0 Å². The number of halogens is 1. The van der Waals surface area contributed by atoms with Crippen molar-refractivity contribution in [1.29, 1.82) is 5.26 Å². The van der Waals surface area contributed by atoms with Crippen molar-refractivity contribution in [2.24, 2.45) is 5.73 Å². The molecule has 0 radical (unpaired) electrons. The molecular weight excluding hydrogens is 344 g/mol. The van der Waals surface area contributed by atoms with E-state index in [2.05, 4.69) is 15.9 Å². The number of para-hydroxylation sites is 1. The normalized spacial score (nSPS) is 10.8. The van der Waals surface area contributed by atoms with Crippen LogP contribution in [0, 0.1) is 11.3 Å². The Morgan fingerprint density at radius 1 is 1.23 bits per heavy atom. The van der Waals surface area contributed by atoms with Crippen LogP contribution in [0.3, 0.4) is 0 Å². The first-order valence-electron chi connectivity index (χ1n) is 6.48. The molecule has 0 unspecified atom stereocenters. The van der Waals surface area contributed by atoms with Gasteiger partial charge in [0.25, 0.3) is 5.91 Å². The number of amides is 1. The molecule has 0 aromatic heterocycles. The Kier molecular flexibility index (Phi) is 5.34. The van der Waals surface area contributed by atoms with E-state index >= 15 is 0 Å². The third-order valence-corrected chi connectivity index (χ3v) is 3.72. The van der Waals surface area contributed by atoms with Crippen LogP contribution in [0.2, 0.25) is 0 Å². The molecule has 110 valence electrons. The number of nitrogens with zero attached hydrogens (tertiary/aromatic N) is 1. The number of hydrogen-bond acceptors (Lipinski definition) is 3. The van der Waals surface area contributed by atoms with Crippen molar-refractivity contribution < 1.29 is 9.53 Å². The number of rotatable bonds is 5. The number of nitriles is 1. The molecule has 0 saturated carbocycles. The average Bonchev–Trinajstić information content (AvgIpc) is 2.52. The van der Waals surface area contributed by atoms with Crippen LogP contribution < -0.4 is 10.5 Å².